The first-order chi connectivity index (χ1) is 11.1. The number of carbonyl (C=O) groups is 2. The maximum atomic E-state index is 12.3. The van der Waals surface area contributed by atoms with E-state index in [1.807, 2.05) is 19.9 Å². The summed E-state index contributed by atoms with van der Waals surface area (Å²) in [5, 5.41) is 14.1. The number of nitrogens with one attached hydrogen (secondary N) is 2. The van der Waals surface area contributed by atoms with Crippen molar-refractivity contribution < 1.29 is 14.3 Å². The second-order valence-electron chi connectivity index (χ2n) is 7.00. The van der Waals surface area contributed by atoms with Gasteiger partial charge in [-0.25, -0.2) is 9.59 Å². The van der Waals surface area contributed by atoms with E-state index in [1.165, 1.54) is 0 Å². The topological polar surface area (TPSA) is 91.2 Å². The number of hydrogen-bond donors (Lipinski definition) is 2. The highest BCUT2D eigenvalue weighted by molar-refractivity contribution is 5.92. The molecular formula is C18H25N3O3. The Morgan fingerprint density at radius 1 is 1.21 bits per heavy atom. The molecule has 6 nitrogen and oxygen atoms in total. The van der Waals surface area contributed by atoms with Crippen molar-refractivity contribution in [1.29, 1.82) is 5.26 Å². The van der Waals surface area contributed by atoms with Crippen LogP contribution in [0.3, 0.4) is 0 Å². The number of esters is 1. The molecule has 0 unspecified atom stereocenters. The summed E-state index contributed by atoms with van der Waals surface area (Å²) in [6, 6.07) is 7.27. The normalized spacial score (nSPS) is 12.2. The molecule has 1 aromatic rings. The van der Waals surface area contributed by atoms with Gasteiger partial charge in [0.15, 0.2) is 0 Å². The predicted octanol–water partition coefficient (Wildman–Crippen LogP) is 3.44. The molecule has 6 heteroatoms. The molecular weight excluding hydrogens is 306 g/mol. The zero-order valence-electron chi connectivity index (χ0n) is 14.8. The number of rotatable bonds is 5. The number of ether oxygens (including phenoxy) is 1. The van der Waals surface area contributed by atoms with E-state index >= 15 is 0 Å². The molecule has 2 N–H and O–H groups in total. The lowest BCUT2D eigenvalue weighted by molar-refractivity contribution is -0.157. The number of nitrogens with zero attached hydrogens (tertiary/aromatic N) is 1. The number of amides is 2. The second kappa shape index (κ2) is 8.34. The molecule has 0 aliphatic carbocycles. The molecule has 1 atom stereocenters. The minimum Gasteiger partial charge on any atom is -0.458 e. The number of benzene rings is 1. The highest BCUT2D eigenvalue weighted by Crippen LogP contribution is 2.14. The Kier molecular flexibility index (Phi) is 6.78. The van der Waals surface area contributed by atoms with Gasteiger partial charge >= 0.3 is 12.0 Å². The number of urea groups is 1. The van der Waals surface area contributed by atoms with Crippen LogP contribution in [0.5, 0.6) is 0 Å². The molecule has 0 saturated carbocycles. The summed E-state index contributed by atoms with van der Waals surface area (Å²) < 4.78 is 5.36. The van der Waals surface area contributed by atoms with E-state index in [2.05, 4.69) is 10.6 Å². The highest BCUT2D eigenvalue weighted by atomic mass is 16.6. The number of carbonyl (C=O) groups excluding carboxylic acids is 2. The van der Waals surface area contributed by atoms with Crippen LogP contribution in [-0.2, 0) is 9.53 Å². The summed E-state index contributed by atoms with van der Waals surface area (Å²) in [4.78, 5) is 24.4. The van der Waals surface area contributed by atoms with Crippen molar-refractivity contribution in [1.82, 2.24) is 5.32 Å². The molecule has 0 aromatic heterocycles. The molecule has 0 saturated heterocycles. The zero-order valence-corrected chi connectivity index (χ0v) is 14.8. The fourth-order valence-electron chi connectivity index (χ4n) is 2.01. The molecule has 0 aliphatic heterocycles. The van der Waals surface area contributed by atoms with E-state index in [4.69, 9.17) is 10.00 Å². The maximum absolute atomic E-state index is 12.3. The first kappa shape index (κ1) is 19.5. The van der Waals surface area contributed by atoms with Gasteiger partial charge in [0, 0.05) is 5.69 Å². The van der Waals surface area contributed by atoms with Crippen LogP contribution < -0.4 is 10.6 Å². The third-order valence-electron chi connectivity index (χ3n) is 2.98. The third kappa shape index (κ3) is 7.14. The van der Waals surface area contributed by atoms with Gasteiger partial charge in [-0.2, -0.15) is 5.26 Å². The average Bonchev–Trinajstić information content (AvgIpc) is 2.45. The number of anilines is 1. The van der Waals surface area contributed by atoms with Crippen molar-refractivity contribution in [2.75, 3.05) is 5.32 Å². The Labute approximate surface area is 143 Å². The van der Waals surface area contributed by atoms with Crippen molar-refractivity contribution >= 4 is 17.7 Å². The molecule has 0 bridgehead atoms. The molecule has 0 heterocycles. The van der Waals surface area contributed by atoms with Gasteiger partial charge in [0.05, 0.1) is 11.6 Å². The van der Waals surface area contributed by atoms with Crippen LogP contribution in [0.15, 0.2) is 24.3 Å². The Hall–Kier alpha value is -2.55. The monoisotopic (exact) mass is 331 g/mol. The molecule has 0 fully saturated rings. The van der Waals surface area contributed by atoms with Gasteiger partial charge in [-0.05, 0) is 57.4 Å². The van der Waals surface area contributed by atoms with E-state index in [0.717, 1.165) is 0 Å². The summed E-state index contributed by atoms with van der Waals surface area (Å²) in [6.45, 7) is 9.30. The summed E-state index contributed by atoms with van der Waals surface area (Å²) in [7, 11) is 0. The largest absolute Gasteiger partial charge is 0.458 e. The summed E-state index contributed by atoms with van der Waals surface area (Å²) in [5.74, 6) is -0.232. The molecule has 0 aliphatic rings. The van der Waals surface area contributed by atoms with Crippen LogP contribution in [0.1, 0.15) is 46.6 Å². The lowest BCUT2D eigenvalue weighted by Gasteiger charge is -2.25. The third-order valence-corrected chi connectivity index (χ3v) is 2.98. The van der Waals surface area contributed by atoms with Crippen LogP contribution in [-0.4, -0.2) is 23.6 Å². The lowest BCUT2D eigenvalue weighted by atomic mass is 10.0. The molecule has 24 heavy (non-hydrogen) atoms. The minimum absolute atomic E-state index is 0.220. The number of hydrogen-bond acceptors (Lipinski definition) is 4. The molecule has 2 amide bonds. The average molecular weight is 331 g/mol. The molecule has 0 spiro atoms. The lowest BCUT2D eigenvalue weighted by Crippen LogP contribution is -2.46. The van der Waals surface area contributed by atoms with Crippen molar-refractivity contribution in [3.05, 3.63) is 29.8 Å². The van der Waals surface area contributed by atoms with E-state index in [1.54, 1.807) is 45.0 Å². The van der Waals surface area contributed by atoms with E-state index < -0.39 is 23.6 Å². The fourth-order valence-corrected chi connectivity index (χ4v) is 2.01. The van der Waals surface area contributed by atoms with Gasteiger partial charge in [0.2, 0.25) is 0 Å². The number of nitriles is 1. The van der Waals surface area contributed by atoms with Crippen LogP contribution in [0.25, 0.3) is 0 Å². The van der Waals surface area contributed by atoms with Crippen LogP contribution in [0, 0.1) is 17.2 Å². The predicted molar refractivity (Wildman–Crippen MR) is 92.4 cm³/mol. The van der Waals surface area contributed by atoms with Crippen LogP contribution in [0.2, 0.25) is 0 Å². The van der Waals surface area contributed by atoms with Crippen molar-refractivity contribution in [2.45, 2.75) is 52.7 Å². The summed E-state index contributed by atoms with van der Waals surface area (Å²) in [5.41, 5.74) is 0.434. The molecule has 0 radical (unpaired) electrons. The van der Waals surface area contributed by atoms with Gasteiger partial charge in [0.25, 0.3) is 0 Å². The second-order valence-corrected chi connectivity index (χ2v) is 7.00. The van der Waals surface area contributed by atoms with Gasteiger partial charge in [-0.1, -0.05) is 13.8 Å². The Bertz CT molecular complexity index is 610. The highest BCUT2D eigenvalue weighted by Gasteiger charge is 2.27. The van der Waals surface area contributed by atoms with E-state index in [0.29, 0.717) is 17.7 Å². The van der Waals surface area contributed by atoms with E-state index in [-0.39, 0.29) is 5.92 Å². The van der Waals surface area contributed by atoms with Crippen LogP contribution >= 0.6 is 0 Å². The smallest absolute Gasteiger partial charge is 0.329 e. The molecule has 1 aromatic carbocycles. The van der Waals surface area contributed by atoms with Gasteiger partial charge in [-0.15, -0.1) is 0 Å². The van der Waals surface area contributed by atoms with Gasteiger partial charge in [0.1, 0.15) is 11.6 Å². The first-order valence-corrected chi connectivity index (χ1v) is 7.91. The molecule has 1 rings (SSSR count). The van der Waals surface area contributed by atoms with Crippen molar-refractivity contribution in [3.63, 3.8) is 0 Å². The minimum atomic E-state index is -0.720. The summed E-state index contributed by atoms with van der Waals surface area (Å²) in [6.07, 6.45) is 0.482. The van der Waals surface area contributed by atoms with E-state index in [9.17, 15) is 9.59 Å². The van der Waals surface area contributed by atoms with Crippen molar-refractivity contribution in [3.8, 4) is 6.07 Å². The molecule has 130 valence electrons. The first-order valence-electron chi connectivity index (χ1n) is 7.91. The quantitative estimate of drug-likeness (QED) is 0.809. The van der Waals surface area contributed by atoms with Gasteiger partial charge < -0.3 is 15.4 Å². The maximum Gasteiger partial charge on any atom is 0.329 e. The standard InChI is InChI=1S/C18H25N3O3/c1-12(2)10-15(16(22)24-18(3,4)5)21-17(23)20-14-8-6-13(11-19)7-9-14/h6-9,12,15H,10H2,1-5H3,(H2,20,21,23)/t15-/m0/s1. The summed E-state index contributed by atoms with van der Waals surface area (Å²) >= 11 is 0. The Morgan fingerprint density at radius 3 is 2.25 bits per heavy atom. The Morgan fingerprint density at radius 2 is 1.79 bits per heavy atom. The van der Waals surface area contributed by atoms with Gasteiger partial charge in [-0.3, -0.25) is 0 Å². The SMILES string of the molecule is CC(C)C[C@H](NC(=O)Nc1ccc(C#N)cc1)C(=O)OC(C)(C)C. The zero-order chi connectivity index (χ0) is 18.3. The van der Waals surface area contributed by atoms with Crippen molar-refractivity contribution in [2.24, 2.45) is 5.92 Å². The van der Waals surface area contributed by atoms with Crippen LogP contribution in [0.4, 0.5) is 10.5 Å². The Balaban J connectivity index is 2.72. The fraction of sp³-hybridized carbons (Fsp3) is 0.500.